The second-order valence-corrected chi connectivity index (χ2v) is 4.10. The third-order valence-electron chi connectivity index (χ3n) is 2.79. The summed E-state index contributed by atoms with van der Waals surface area (Å²) in [5, 5.41) is 8.07. The van der Waals surface area contributed by atoms with Crippen molar-refractivity contribution in [1.82, 2.24) is 15.1 Å². The van der Waals surface area contributed by atoms with Gasteiger partial charge < -0.3 is 5.32 Å². The Kier molecular flexibility index (Phi) is 3.42. The zero-order valence-corrected chi connectivity index (χ0v) is 10.2. The SMILES string of the molecule is CCCCNC(=O)c1nn(C)c2ccccc12. The number of nitrogens with zero attached hydrogens (tertiary/aromatic N) is 2. The van der Waals surface area contributed by atoms with Crippen molar-refractivity contribution in [1.29, 1.82) is 0 Å². The van der Waals surface area contributed by atoms with Crippen LogP contribution in [0.4, 0.5) is 0 Å². The number of fused-ring (bicyclic) bond motifs is 1. The number of amides is 1. The van der Waals surface area contributed by atoms with Gasteiger partial charge in [0.1, 0.15) is 0 Å². The van der Waals surface area contributed by atoms with Crippen LogP contribution in [0.1, 0.15) is 30.3 Å². The molecule has 4 heteroatoms. The van der Waals surface area contributed by atoms with E-state index in [2.05, 4.69) is 17.3 Å². The number of carbonyl (C=O) groups is 1. The van der Waals surface area contributed by atoms with Gasteiger partial charge >= 0.3 is 0 Å². The van der Waals surface area contributed by atoms with Crippen LogP contribution in [0, 0.1) is 0 Å². The van der Waals surface area contributed by atoms with Gasteiger partial charge in [-0.05, 0) is 12.5 Å². The molecule has 17 heavy (non-hydrogen) atoms. The number of aromatic nitrogens is 2. The third kappa shape index (κ3) is 2.30. The van der Waals surface area contributed by atoms with Gasteiger partial charge in [-0.2, -0.15) is 5.10 Å². The summed E-state index contributed by atoms with van der Waals surface area (Å²) in [6.45, 7) is 2.81. The Morgan fingerprint density at radius 1 is 1.41 bits per heavy atom. The van der Waals surface area contributed by atoms with Crippen molar-refractivity contribution in [3.63, 3.8) is 0 Å². The van der Waals surface area contributed by atoms with E-state index in [-0.39, 0.29) is 5.91 Å². The summed E-state index contributed by atoms with van der Waals surface area (Å²) in [7, 11) is 1.85. The molecule has 0 aliphatic heterocycles. The molecule has 0 spiro atoms. The average Bonchev–Trinajstić information content (AvgIpc) is 2.68. The minimum absolute atomic E-state index is 0.0877. The lowest BCUT2D eigenvalue weighted by atomic mass is 10.2. The van der Waals surface area contributed by atoms with Crippen LogP contribution in [0.2, 0.25) is 0 Å². The summed E-state index contributed by atoms with van der Waals surface area (Å²) in [6, 6.07) is 7.76. The third-order valence-corrected chi connectivity index (χ3v) is 2.79. The lowest BCUT2D eigenvalue weighted by molar-refractivity contribution is 0.0949. The molecule has 0 bridgehead atoms. The Bertz CT molecular complexity index is 530. The summed E-state index contributed by atoms with van der Waals surface area (Å²) in [5.41, 5.74) is 1.49. The maximum atomic E-state index is 12.0. The normalized spacial score (nSPS) is 10.7. The van der Waals surface area contributed by atoms with Crippen molar-refractivity contribution in [2.75, 3.05) is 6.54 Å². The first-order valence-corrected chi connectivity index (χ1v) is 5.94. The van der Waals surface area contributed by atoms with Crippen molar-refractivity contribution in [2.45, 2.75) is 19.8 Å². The molecular formula is C13H17N3O. The predicted octanol–water partition coefficient (Wildman–Crippen LogP) is 2.10. The van der Waals surface area contributed by atoms with Gasteiger partial charge in [0.05, 0.1) is 5.52 Å². The molecule has 0 atom stereocenters. The topological polar surface area (TPSA) is 46.9 Å². The molecule has 0 fully saturated rings. The van der Waals surface area contributed by atoms with E-state index in [1.165, 1.54) is 0 Å². The first-order chi connectivity index (χ1) is 8.24. The number of hydrogen-bond donors (Lipinski definition) is 1. The van der Waals surface area contributed by atoms with Crippen LogP contribution >= 0.6 is 0 Å². The van der Waals surface area contributed by atoms with E-state index in [0.29, 0.717) is 12.2 Å². The zero-order valence-electron chi connectivity index (χ0n) is 10.2. The maximum absolute atomic E-state index is 12.0. The monoisotopic (exact) mass is 231 g/mol. The summed E-state index contributed by atoms with van der Waals surface area (Å²) in [4.78, 5) is 12.0. The van der Waals surface area contributed by atoms with E-state index in [4.69, 9.17) is 0 Å². The van der Waals surface area contributed by atoms with E-state index >= 15 is 0 Å². The number of hydrogen-bond acceptors (Lipinski definition) is 2. The van der Waals surface area contributed by atoms with Gasteiger partial charge in [0.25, 0.3) is 5.91 Å². The quantitative estimate of drug-likeness (QED) is 0.819. The Hall–Kier alpha value is -1.84. The molecule has 0 radical (unpaired) electrons. The largest absolute Gasteiger partial charge is 0.351 e. The van der Waals surface area contributed by atoms with Crippen molar-refractivity contribution in [3.8, 4) is 0 Å². The van der Waals surface area contributed by atoms with Crippen LogP contribution in [-0.2, 0) is 7.05 Å². The molecule has 0 unspecified atom stereocenters. The van der Waals surface area contributed by atoms with Crippen molar-refractivity contribution in [3.05, 3.63) is 30.0 Å². The fourth-order valence-corrected chi connectivity index (χ4v) is 1.84. The molecule has 1 aromatic heterocycles. The molecule has 2 rings (SSSR count). The maximum Gasteiger partial charge on any atom is 0.272 e. The van der Waals surface area contributed by atoms with Crippen molar-refractivity contribution >= 4 is 16.8 Å². The molecule has 1 N–H and O–H groups in total. The first kappa shape index (κ1) is 11.6. The fourth-order valence-electron chi connectivity index (χ4n) is 1.84. The van der Waals surface area contributed by atoms with Crippen molar-refractivity contribution in [2.24, 2.45) is 7.05 Å². The van der Waals surface area contributed by atoms with E-state index < -0.39 is 0 Å². The Balaban J connectivity index is 2.26. The molecular weight excluding hydrogens is 214 g/mol. The van der Waals surface area contributed by atoms with Gasteiger partial charge in [-0.25, -0.2) is 0 Å². The number of unbranched alkanes of at least 4 members (excludes halogenated alkanes) is 1. The average molecular weight is 231 g/mol. The summed E-state index contributed by atoms with van der Waals surface area (Å²) < 4.78 is 1.74. The summed E-state index contributed by atoms with van der Waals surface area (Å²) in [6.07, 6.45) is 2.07. The molecule has 4 nitrogen and oxygen atoms in total. The lowest BCUT2D eigenvalue weighted by Crippen LogP contribution is -2.25. The molecule has 1 amide bonds. The molecule has 90 valence electrons. The van der Waals surface area contributed by atoms with E-state index in [9.17, 15) is 4.79 Å². The number of rotatable bonds is 4. The number of benzene rings is 1. The fraction of sp³-hybridized carbons (Fsp3) is 0.385. The van der Waals surface area contributed by atoms with E-state index in [1.807, 2.05) is 31.3 Å². The predicted molar refractivity (Wildman–Crippen MR) is 68.0 cm³/mol. The van der Waals surface area contributed by atoms with Crippen LogP contribution in [0.5, 0.6) is 0 Å². The van der Waals surface area contributed by atoms with Crippen LogP contribution in [0.25, 0.3) is 10.9 Å². The smallest absolute Gasteiger partial charge is 0.272 e. The Morgan fingerprint density at radius 3 is 2.94 bits per heavy atom. The van der Waals surface area contributed by atoms with Gasteiger partial charge in [0.15, 0.2) is 5.69 Å². The molecule has 2 aromatic rings. The molecule has 0 aliphatic rings. The molecule has 0 saturated carbocycles. The van der Waals surface area contributed by atoms with Gasteiger partial charge in [-0.1, -0.05) is 31.5 Å². The van der Waals surface area contributed by atoms with Gasteiger partial charge in [0, 0.05) is 19.0 Å². The second-order valence-electron chi connectivity index (χ2n) is 4.10. The van der Waals surface area contributed by atoms with Gasteiger partial charge in [-0.15, -0.1) is 0 Å². The highest BCUT2D eigenvalue weighted by Crippen LogP contribution is 2.17. The van der Waals surface area contributed by atoms with E-state index in [1.54, 1.807) is 4.68 Å². The Labute approximate surface area is 101 Å². The van der Waals surface area contributed by atoms with Gasteiger partial charge in [-0.3, -0.25) is 9.48 Å². The number of nitrogens with one attached hydrogen (secondary N) is 1. The van der Waals surface area contributed by atoms with Crippen LogP contribution in [-0.4, -0.2) is 22.2 Å². The Morgan fingerprint density at radius 2 is 2.18 bits per heavy atom. The highest BCUT2D eigenvalue weighted by atomic mass is 16.1. The van der Waals surface area contributed by atoms with Crippen LogP contribution in [0.15, 0.2) is 24.3 Å². The van der Waals surface area contributed by atoms with Gasteiger partial charge in [0.2, 0.25) is 0 Å². The minimum atomic E-state index is -0.0877. The highest BCUT2D eigenvalue weighted by molar-refractivity contribution is 6.04. The van der Waals surface area contributed by atoms with Crippen LogP contribution in [0.3, 0.4) is 0 Å². The number of carbonyl (C=O) groups excluding carboxylic acids is 1. The standard InChI is InChI=1S/C13H17N3O/c1-3-4-9-14-13(17)12-10-7-5-6-8-11(10)16(2)15-12/h5-8H,3-4,9H2,1-2H3,(H,14,17). The zero-order chi connectivity index (χ0) is 12.3. The molecule has 1 aromatic carbocycles. The number of para-hydroxylation sites is 1. The number of aryl methyl sites for hydroxylation is 1. The van der Waals surface area contributed by atoms with E-state index in [0.717, 1.165) is 23.7 Å². The summed E-state index contributed by atoms with van der Waals surface area (Å²) in [5.74, 6) is -0.0877. The molecule has 0 saturated heterocycles. The lowest BCUT2D eigenvalue weighted by Gasteiger charge is -2.01. The summed E-state index contributed by atoms with van der Waals surface area (Å²) >= 11 is 0. The second kappa shape index (κ2) is 4.99. The molecule has 0 aliphatic carbocycles. The highest BCUT2D eigenvalue weighted by Gasteiger charge is 2.14. The van der Waals surface area contributed by atoms with Crippen LogP contribution < -0.4 is 5.32 Å². The molecule has 1 heterocycles. The minimum Gasteiger partial charge on any atom is -0.351 e. The first-order valence-electron chi connectivity index (χ1n) is 5.94. The van der Waals surface area contributed by atoms with Crippen molar-refractivity contribution < 1.29 is 4.79 Å².